The lowest BCUT2D eigenvalue weighted by molar-refractivity contribution is -0.131. The summed E-state index contributed by atoms with van der Waals surface area (Å²) in [6.07, 6.45) is 3.66. The first kappa shape index (κ1) is 14.5. The largest absolute Gasteiger partial charge is 0.379 e. The number of nitrogens with one attached hydrogen (secondary N) is 1. The van der Waals surface area contributed by atoms with Gasteiger partial charge in [-0.1, -0.05) is 13.0 Å². The van der Waals surface area contributed by atoms with E-state index in [0.717, 1.165) is 35.3 Å². The molecule has 0 bridgehead atoms. The average molecular weight is 304 g/mol. The molecule has 0 radical (unpaired) electrons. The minimum absolute atomic E-state index is 0.291. The second-order valence-corrected chi connectivity index (χ2v) is 6.68. The van der Waals surface area contributed by atoms with Crippen molar-refractivity contribution in [3.8, 4) is 0 Å². The molecule has 1 saturated heterocycles. The number of aliphatic hydroxyl groups is 1. The molecule has 2 aromatic rings. The van der Waals surface area contributed by atoms with Crippen LogP contribution in [-0.2, 0) is 11.3 Å². The van der Waals surface area contributed by atoms with Gasteiger partial charge in [0.2, 0.25) is 0 Å². The molecule has 1 fully saturated rings. The maximum absolute atomic E-state index is 12.2. The molecule has 3 rings (SSSR count). The standard InChI is InChI=1S/C16H20N2O2S/c1-2-7-18-8-5-12-3-4-13(10-14(12)18)17-15(19)16(20)6-9-21-11-16/h3-5,8,10,20H,2,6-7,9,11H2,1H3,(H,17,19). The minimum Gasteiger partial charge on any atom is -0.379 e. The molecule has 112 valence electrons. The Morgan fingerprint density at radius 1 is 1.48 bits per heavy atom. The number of carbonyl (C=O) groups excluding carboxylic acids is 1. The summed E-state index contributed by atoms with van der Waals surface area (Å²) in [7, 11) is 0. The van der Waals surface area contributed by atoms with Gasteiger partial charge in [0.1, 0.15) is 0 Å². The van der Waals surface area contributed by atoms with Crippen LogP contribution in [0.2, 0.25) is 0 Å². The number of hydrogen-bond donors (Lipinski definition) is 2. The molecule has 1 aromatic carbocycles. The first-order chi connectivity index (χ1) is 10.1. The highest BCUT2D eigenvalue weighted by Crippen LogP contribution is 2.29. The van der Waals surface area contributed by atoms with Gasteiger partial charge in [-0.15, -0.1) is 0 Å². The van der Waals surface area contributed by atoms with Crippen LogP contribution in [0.5, 0.6) is 0 Å². The molecule has 1 amide bonds. The molecular weight excluding hydrogens is 284 g/mol. The molecule has 21 heavy (non-hydrogen) atoms. The van der Waals surface area contributed by atoms with Crippen LogP contribution in [0, 0.1) is 0 Å². The van der Waals surface area contributed by atoms with Crippen molar-refractivity contribution in [3.63, 3.8) is 0 Å². The zero-order chi connectivity index (χ0) is 14.9. The second kappa shape index (κ2) is 5.73. The van der Waals surface area contributed by atoms with Gasteiger partial charge < -0.3 is 15.0 Å². The van der Waals surface area contributed by atoms with Gasteiger partial charge in [-0.2, -0.15) is 11.8 Å². The number of carbonyl (C=O) groups is 1. The summed E-state index contributed by atoms with van der Waals surface area (Å²) in [5.41, 5.74) is 0.640. The van der Waals surface area contributed by atoms with Crippen molar-refractivity contribution in [1.82, 2.24) is 4.57 Å². The number of hydrogen-bond acceptors (Lipinski definition) is 3. The molecule has 4 nitrogen and oxygen atoms in total. The van der Waals surface area contributed by atoms with Crippen molar-refractivity contribution >= 4 is 34.3 Å². The van der Waals surface area contributed by atoms with Crippen LogP contribution in [0.25, 0.3) is 10.9 Å². The number of fused-ring (bicyclic) bond motifs is 1. The molecule has 0 saturated carbocycles. The first-order valence-corrected chi connectivity index (χ1v) is 8.48. The number of amides is 1. The van der Waals surface area contributed by atoms with Crippen molar-refractivity contribution < 1.29 is 9.90 Å². The van der Waals surface area contributed by atoms with Crippen LogP contribution in [0.3, 0.4) is 0 Å². The van der Waals surface area contributed by atoms with Crippen LogP contribution in [-0.4, -0.2) is 32.7 Å². The van der Waals surface area contributed by atoms with Crippen LogP contribution in [0.15, 0.2) is 30.5 Å². The molecule has 1 aromatic heterocycles. The van der Waals surface area contributed by atoms with Crippen LogP contribution in [0.4, 0.5) is 5.69 Å². The summed E-state index contributed by atoms with van der Waals surface area (Å²) in [5.74, 6) is 1.02. The van der Waals surface area contributed by atoms with E-state index in [0.29, 0.717) is 12.2 Å². The van der Waals surface area contributed by atoms with Gasteiger partial charge >= 0.3 is 0 Å². The average Bonchev–Trinajstić information content (AvgIpc) is 3.07. The molecular formula is C16H20N2O2S. The lowest BCUT2D eigenvalue weighted by Crippen LogP contribution is -2.42. The first-order valence-electron chi connectivity index (χ1n) is 7.33. The Morgan fingerprint density at radius 2 is 2.33 bits per heavy atom. The third kappa shape index (κ3) is 2.80. The predicted molar refractivity (Wildman–Crippen MR) is 87.8 cm³/mol. The van der Waals surface area contributed by atoms with Crippen LogP contribution >= 0.6 is 11.8 Å². The van der Waals surface area contributed by atoms with Crippen molar-refractivity contribution in [1.29, 1.82) is 0 Å². The van der Waals surface area contributed by atoms with Gasteiger partial charge in [0.25, 0.3) is 5.91 Å². The number of thioether (sulfide) groups is 1. The molecule has 1 unspecified atom stereocenters. The zero-order valence-electron chi connectivity index (χ0n) is 12.1. The molecule has 1 atom stereocenters. The van der Waals surface area contributed by atoms with Crippen molar-refractivity contribution in [2.24, 2.45) is 0 Å². The van der Waals surface area contributed by atoms with Gasteiger partial charge in [-0.05, 0) is 42.2 Å². The number of rotatable bonds is 4. The molecule has 1 aliphatic rings. The summed E-state index contributed by atoms with van der Waals surface area (Å²) >= 11 is 1.62. The van der Waals surface area contributed by atoms with Crippen molar-refractivity contribution in [2.75, 3.05) is 16.8 Å². The fourth-order valence-electron chi connectivity index (χ4n) is 2.68. The van der Waals surface area contributed by atoms with Gasteiger partial charge in [0.05, 0.1) is 5.52 Å². The van der Waals surface area contributed by atoms with E-state index >= 15 is 0 Å². The smallest absolute Gasteiger partial charge is 0.257 e. The fraction of sp³-hybridized carbons (Fsp3) is 0.438. The van der Waals surface area contributed by atoms with Crippen molar-refractivity contribution in [2.45, 2.75) is 31.9 Å². The third-order valence-electron chi connectivity index (χ3n) is 3.92. The summed E-state index contributed by atoms with van der Waals surface area (Å²) < 4.78 is 2.19. The number of anilines is 1. The van der Waals surface area contributed by atoms with E-state index < -0.39 is 5.60 Å². The van der Waals surface area contributed by atoms with Gasteiger partial charge in [-0.3, -0.25) is 4.79 Å². The quantitative estimate of drug-likeness (QED) is 0.913. The lowest BCUT2D eigenvalue weighted by atomic mass is 10.0. The van der Waals surface area contributed by atoms with E-state index in [1.807, 2.05) is 18.2 Å². The highest BCUT2D eigenvalue weighted by atomic mass is 32.2. The molecule has 2 N–H and O–H groups in total. The summed E-state index contributed by atoms with van der Waals surface area (Å²) in [6.45, 7) is 3.10. The second-order valence-electron chi connectivity index (χ2n) is 5.57. The summed E-state index contributed by atoms with van der Waals surface area (Å²) in [6, 6.07) is 7.96. The van der Waals surface area contributed by atoms with E-state index in [1.54, 1.807) is 11.8 Å². The van der Waals surface area contributed by atoms with E-state index in [-0.39, 0.29) is 5.91 Å². The Balaban J connectivity index is 1.83. The number of aryl methyl sites for hydroxylation is 1. The van der Waals surface area contributed by atoms with E-state index in [2.05, 4.69) is 29.1 Å². The molecule has 1 aliphatic heterocycles. The zero-order valence-corrected chi connectivity index (χ0v) is 12.9. The Kier molecular flexibility index (Phi) is 3.95. The SMILES string of the molecule is CCCn1ccc2ccc(NC(=O)C3(O)CCSC3)cc21. The third-order valence-corrected chi connectivity index (χ3v) is 5.09. The number of aromatic nitrogens is 1. The van der Waals surface area contributed by atoms with E-state index in [9.17, 15) is 9.90 Å². The maximum atomic E-state index is 12.2. The Morgan fingerprint density at radius 3 is 3.05 bits per heavy atom. The fourth-order valence-corrected chi connectivity index (χ4v) is 3.92. The van der Waals surface area contributed by atoms with Gasteiger partial charge in [0.15, 0.2) is 5.60 Å². The van der Waals surface area contributed by atoms with Crippen molar-refractivity contribution in [3.05, 3.63) is 30.5 Å². The summed E-state index contributed by atoms with van der Waals surface area (Å²) in [5, 5.41) is 14.3. The monoisotopic (exact) mass is 304 g/mol. The summed E-state index contributed by atoms with van der Waals surface area (Å²) in [4.78, 5) is 12.2. The van der Waals surface area contributed by atoms with Gasteiger partial charge in [-0.25, -0.2) is 0 Å². The Bertz CT molecular complexity index is 659. The highest BCUT2D eigenvalue weighted by molar-refractivity contribution is 7.99. The Labute approximate surface area is 128 Å². The molecule has 2 heterocycles. The molecule has 0 spiro atoms. The van der Waals surface area contributed by atoms with Gasteiger partial charge in [0, 0.05) is 24.2 Å². The number of benzene rings is 1. The predicted octanol–water partition coefficient (Wildman–Crippen LogP) is 2.86. The topological polar surface area (TPSA) is 54.3 Å². The van der Waals surface area contributed by atoms with E-state index in [4.69, 9.17) is 0 Å². The maximum Gasteiger partial charge on any atom is 0.257 e. The minimum atomic E-state index is -1.22. The van der Waals surface area contributed by atoms with Crippen LogP contribution < -0.4 is 5.32 Å². The van der Waals surface area contributed by atoms with Crippen LogP contribution in [0.1, 0.15) is 19.8 Å². The Hall–Kier alpha value is -1.46. The number of nitrogens with zero attached hydrogens (tertiary/aromatic N) is 1. The molecule has 5 heteroatoms. The van der Waals surface area contributed by atoms with E-state index in [1.165, 1.54) is 0 Å². The normalized spacial score (nSPS) is 21.8. The molecule has 0 aliphatic carbocycles. The highest BCUT2D eigenvalue weighted by Gasteiger charge is 2.39. The lowest BCUT2D eigenvalue weighted by Gasteiger charge is -2.20.